The van der Waals surface area contributed by atoms with Crippen LogP contribution in [0.5, 0.6) is 0 Å². The van der Waals surface area contributed by atoms with E-state index in [9.17, 15) is 13.2 Å². The standard InChI is InChI=1S/C16H11ClF3N3OS/c1-9(14-22-13(23-24-14)10-5-3-2-4-6-10)25-15-12(17)7-11(8-21-15)16(18,19)20/h2-9H,1H3/t9-/m1/s1. The van der Waals surface area contributed by atoms with Crippen LogP contribution in [0, 0.1) is 0 Å². The van der Waals surface area contributed by atoms with Gasteiger partial charge in [-0.3, -0.25) is 0 Å². The zero-order valence-corrected chi connectivity index (χ0v) is 14.4. The van der Waals surface area contributed by atoms with Crippen molar-refractivity contribution in [2.24, 2.45) is 0 Å². The predicted molar refractivity (Wildman–Crippen MR) is 88.3 cm³/mol. The van der Waals surface area contributed by atoms with E-state index in [1.807, 2.05) is 30.3 Å². The third-order valence-corrected chi connectivity index (χ3v) is 4.75. The minimum absolute atomic E-state index is 0.0746. The summed E-state index contributed by atoms with van der Waals surface area (Å²) in [6, 6.07) is 10.1. The number of rotatable bonds is 4. The van der Waals surface area contributed by atoms with E-state index in [2.05, 4.69) is 15.1 Å². The fourth-order valence-corrected chi connectivity index (χ4v) is 3.11. The molecule has 3 aromatic rings. The van der Waals surface area contributed by atoms with Crippen LogP contribution in [0.4, 0.5) is 13.2 Å². The van der Waals surface area contributed by atoms with Crippen molar-refractivity contribution in [3.63, 3.8) is 0 Å². The van der Waals surface area contributed by atoms with Crippen LogP contribution in [-0.2, 0) is 6.18 Å². The van der Waals surface area contributed by atoms with Crippen LogP contribution in [-0.4, -0.2) is 15.1 Å². The number of aromatic nitrogens is 3. The maximum Gasteiger partial charge on any atom is 0.417 e. The van der Waals surface area contributed by atoms with E-state index in [1.165, 1.54) is 0 Å². The molecule has 1 atom stereocenters. The summed E-state index contributed by atoms with van der Waals surface area (Å²) in [4.78, 5) is 8.11. The zero-order valence-electron chi connectivity index (χ0n) is 12.8. The van der Waals surface area contributed by atoms with Crippen molar-refractivity contribution in [1.29, 1.82) is 0 Å². The molecule has 0 radical (unpaired) electrons. The van der Waals surface area contributed by atoms with E-state index >= 15 is 0 Å². The summed E-state index contributed by atoms with van der Waals surface area (Å²) in [6.45, 7) is 1.78. The number of benzene rings is 1. The van der Waals surface area contributed by atoms with Crippen LogP contribution in [0.15, 0.2) is 52.1 Å². The van der Waals surface area contributed by atoms with Crippen molar-refractivity contribution in [3.8, 4) is 11.4 Å². The third kappa shape index (κ3) is 4.13. The first-order valence-corrected chi connectivity index (χ1v) is 8.39. The van der Waals surface area contributed by atoms with E-state index in [4.69, 9.17) is 16.1 Å². The maximum atomic E-state index is 12.7. The highest BCUT2D eigenvalue weighted by Gasteiger charge is 2.32. The summed E-state index contributed by atoms with van der Waals surface area (Å²) in [5, 5.41) is 3.78. The van der Waals surface area contributed by atoms with Gasteiger partial charge in [-0.2, -0.15) is 18.2 Å². The van der Waals surface area contributed by atoms with E-state index in [0.717, 1.165) is 29.6 Å². The molecule has 0 aliphatic heterocycles. The molecule has 0 N–H and O–H groups in total. The van der Waals surface area contributed by atoms with Gasteiger partial charge in [-0.1, -0.05) is 58.9 Å². The van der Waals surface area contributed by atoms with E-state index < -0.39 is 11.7 Å². The van der Waals surface area contributed by atoms with Gasteiger partial charge in [0.15, 0.2) is 0 Å². The summed E-state index contributed by atoms with van der Waals surface area (Å²) in [5.41, 5.74) is -0.0842. The summed E-state index contributed by atoms with van der Waals surface area (Å²) in [7, 11) is 0. The first-order chi connectivity index (χ1) is 11.8. The highest BCUT2D eigenvalue weighted by Crippen LogP contribution is 2.39. The minimum atomic E-state index is -4.48. The highest BCUT2D eigenvalue weighted by atomic mass is 35.5. The average molecular weight is 386 g/mol. The molecule has 0 fully saturated rings. The Balaban J connectivity index is 1.77. The van der Waals surface area contributed by atoms with Crippen LogP contribution >= 0.6 is 23.4 Å². The molecule has 130 valence electrons. The lowest BCUT2D eigenvalue weighted by molar-refractivity contribution is -0.137. The van der Waals surface area contributed by atoms with Gasteiger partial charge in [0.25, 0.3) is 0 Å². The van der Waals surface area contributed by atoms with E-state index in [1.54, 1.807) is 6.92 Å². The molecule has 0 bridgehead atoms. The molecule has 2 heterocycles. The molecule has 25 heavy (non-hydrogen) atoms. The van der Waals surface area contributed by atoms with E-state index in [0.29, 0.717) is 11.7 Å². The van der Waals surface area contributed by atoms with Gasteiger partial charge in [0.05, 0.1) is 15.8 Å². The van der Waals surface area contributed by atoms with Gasteiger partial charge in [0, 0.05) is 11.8 Å². The molecule has 0 spiro atoms. The Morgan fingerprint density at radius 3 is 2.56 bits per heavy atom. The molecule has 0 aliphatic carbocycles. The zero-order chi connectivity index (χ0) is 18.0. The van der Waals surface area contributed by atoms with Gasteiger partial charge >= 0.3 is 6.18 Å². The molecule has 2 aromatic heterocycles. The summed E-state index contributed by atoms with van der Waals surface area (Å²) in [6.07, 6.45) is -3.73. The Labute approximate surface area is 150 Å². The van der Waals surface area contributed by atoms with Crippen LogP contribution < -0.4 is 0 Å². The van der Waals surface area contributed by atoms with Gasteiger partial charge in [-0.25, -0.2) is 4.98 Å². The van der Waals surface area contributed by atoms with E-state index in [-0.39, 0.29) is 15.3 Å². The van der Waals surface area contributed by atoms with Crippen LogP contribution in [0.2, 0.25) is 5.02 Å². The quantitative estimate of drug-likeness (QED) is 0.542. The maximum absolute atomic E-state index is 12.7. The molecule has 3 rings (SSSR count). The lowest BCUT2D eigenvalue weighted by Crippen LogP contribution is -2.05. The lowest BCUT2D eigenvalue weighted by atomic mass is 10.2. The van der Waals surface area contributed by atoms with Crippen LogP contribution in [0.1, 0.15) is 23.6 Å². The molecule has 0 unspecified atom stereocenters. The van der Waals surface area contributed by atoms with Crippen LogP contribution in [0.25, 0.3) is 11.4 Å². The summed E-state index contributed by atoms with van der Waals surface area (Å²) in [5.74, 6) is 0.774. The first-order valence-electron chi connectivity index (χ1n) is 7.13. The Bertz CT molecular complexity index is 871. The van der Waals surface area contributed by atoms with Gasteiger partial charge in [-0.15, -0.1) is 0 Å². The second-order valence-electron chi connectivity index (χ2n) is 5.09. The van der Waals surface area contributed by atoms with Crippen molar-refractivity contribution in [2.45, 2.75) is 23.4 Å². The normalized spacial score (nSPS) is 13.0. The van der Waals surface area contributed by atoms with Crippen molar-refractivity contribution in [1.82, 2.24) is 15.1 Å². The fourth-order valence-electron chi connectivity index (χ4n) is 1.99. The average Bonchev–Trinajstić information content (AvgIpc) is 3.07. The number of pyridine rings is 1. The van der Waals surface area contributed by atoms with Gasteiger partial charge in [0.1, 0.15) is 5.03 Å². The number of hydrogen-bond acceptors (Lipinski definition) is 5. The number of halogens is 4. The fraction of sp³-hybridized carbons (Fsp3) is 0.188. The van der Waals surface area contributed by atoms with Crippen molar-refractivity contribution in [2.75, 3.05) is 0 Å². The smallest absolute Gasteiger partial charge is 0.338 e. The third-order valence-electron chi connectivity index (χ3n) is 3.24. The summed E-state index contributed by atoms with van der Waals surface area (Å²) < 4.78 is 43.2. The second kappa shape index (κ2) is 7.05. The number of hydrogen-bond donors (Lipinski definition) is 0. The SMILES string of the molecule is C[C@@H](Sc1ncc(C(F)(F)F)cc1Cl)c1nc(-c2ccccc2)no1. The molecule has 0 aliphatic rings. The monoisotopic (exact) mass is 385 g/mol. The van der Waals surface area contributed by atoms with Crippen LogP contribution in [0.3, 0.4) is 0 Å². The molecule has 0 saturated heterocycles. The van der Waals surface area contributed by atoms with Gasteiger partial charge in [0.2, 0.25) is 11.7 Å². The molecular formula is C16H11ClF3N3OS. The Morgan fingerprint density at radius 1 is 1.20 bits per heavy atom. The molecule has 9 heteroatoms. The van der Waals surface area contributed by atoms with Crippen molar-refractivity contribution >= 4 is 23.4 Å². The van der Waals surface area contributed by atoms with Crippen molar-refractivity contribution < 1.29 is 17.7 Å². The second-order valence-corrected chi connectivity index (χ2v) is 6.83. The van der Waals surface area contributed by atoms with Crippen molar-refractivity contribution in [3.05, 3.63) is 59.1 Å². The molecule has 1 aromatic carbocycles. The van der Waals surface area contributed by atoms with Gasteiger partial charge < -0.3 is 4.52 Å². The highest BCUT2D eigenvalue weighted by molar-refractivity contribution is 7.99. The Kier molecular flexibility index (Phi) is 5.01. The number of nitrogens with zero attached hydrogens (tertiary/aromatic N) is 3. The molecule has 4 nitrogen and oxygen atoms in total. The van der Waals surface area contributed by atoms with Gasteiger partial charge in [-0.05, 0) is 13.0 Å². The predicted octanol–water partition coefficient (Wildman–Crippen LogP) is 5.66. The molecule has 0 amide bonds. The minimum Gasteiger partial charge on any atom is -0.338 e. The number of alkyl halides is 3. The topological polar surface area (TPSA) is 51.8 Å². The largest absolute Gasteiger partial charge is 0.417 e. The number of thioether (sulfide) groups is 1. The lowest BCUT2D eigenvalue weighted by Gasteiger charge is -2.10. The Hall–Kier alpha value is -2.06. The molecular weight excluding hydrogens is 375 g/mol. The molecule has 0 saturated carbocycles. The first kappa shape index (κ1) is 17.8. The Morgan fingerprint density at radius 2 is 1.92 bits per heavy atom. The summed E-state index contributed by atoms with van der Waals surface area (Å²) >= 11 is 7.06.